The van der Waals surface area contributed by atoms with Crippen molar-refractivity contribution < 1.29 is 4.79 Å². The Kier molecular flexibility index (Phi) is 3.52. The topological polar surface area (TPSA) is 29.1 Å². The third kappa shape index (κ3) is 2.62. The number of halogens is 1. The first kappa shape index (κ1) is 14.4. The lowest BCUT2D eigenvalue weighted by atomic mass is 9.49. The van der Waals surface area contributed by atoms with Crippen molar-refractivity contribution >= 4 is 17.5 Å². The van der Waals surface area contributed by atoms with Gasteiger partial charge in [-0.25, -0.2) is 0 Å². The molecule has 4 bridgehead atoms. The van der Waals surface area contributed by atoms with Crippen molar-refractivity contribution in [3.05, 3.63) is 0 Å². The minimum atomic E-state index is -0.113. The number of hydrogen-bond acceptors (Lipinski definition) is 1. The predicted octanol–water partition coefficient (Wildman–Crippen LogP) is 4.40. The van der Waals surface area contributed by atoms with E-state index in [9.17, 15) is 4.79 Å². The Labute approximate surface area is 133 Å². The van der Waals surface area contributed by atoms with Crippen LogP contribution in [0.15, 0.2) is 0 Å². The van der Waals surface area contributed by atoms with Gasteiger partial charge >= 0.3 is 0 Å². The van der Waals surface area contributed by atoms with Crippen molar-refractivity contribution in [2.75, 3.05) is 0 Å². The van der Waals surface area contributed by atoms with Crippen LogP contribution >= 0.6 is 11.6 Å². The van der Waals surface area contributed by atoms with Crippen LogP contribution in [-0.4, -0.2) is 16.8 Å². The number of carbonyl (C=O) groups excluding carboxylic acids is 1. The summed E-state index contributed by atoms with van der Waals surface area (Å²) in [6.45, 7) is 0. The van der Waals surface area contributed by atoms with Gasteiger partial charge in [-0.3, -0.25) is 4.79 Å². The van der Waals surface area contributed by atoms with Gasteiger partial charge in [-0.15, -0.1) is 11.6 Å². The average molecular weight is 310 g/mol. The van der Waals surface area contributed by atoms with E-state index < -0.39 is 0 Å². The molecule has 5 aliphatic carbocycles. The van der Waals surface area contributed by atoms with E-state index in [4.69, 9.17) is 11.6 Å². The summed E-state index contributed by atoms with van der Waals surface area (Å²) in [5.41, 5.74) is -0.113. The van der Waals surface area contributed by atoms with Crippen LogP contribution in [0.3, 0.4) is 0 Å². The summed E-state index contributed by atoms with van der Waals surface area (Å²) >= 11 is 6.85. The number of rotatable bonds is 2. The first-order valence-corrected chi connectivity index (χ1v) is 9.45. The Morgan fingerprint density at radius 3 is 2.14 bits per heavy atom. The third-order valence-electron chi connectivity index (χ3n) is 6.66. The highest BCUT2D eigenvalue weighted by Crippen LogP contribution is 2.63. The number of hydrogen-bond donors (Lipinski definition) is 1. The fourth-order valence-corrected chi connectivity index (χ4v) is 6.87. The highest BCUT2D eigenvalue weighted by molar-refractivity contribution is 6.24. The molecule has 5 saturated carbocycles. The van der Waals surface area contributed by atoms with E-state index in [0.29, 0.717) is 23.8 Å². The summed E-state index contributed by atoms with van der Waals surface area (Å²) in [5.74, 6) is 1.78. The molecule has 5 aliphatic rings. The molecule has 0 aliphatic heterocycles. The average Bonchev–Trinajstić information content (AvgIpc) is 2.64. The van der Waals surface area contributed by atoms with Crippen molar-refractivity contribution in [3.8, 4) is 0 Å². The second kappa shape index (κ2) is 5.15. The van der Waals surface area contributed by atoms with Gasteiger partial charge in [-0.2, -0.15) is 0 Å². The molecule has 0 heterocycles. The van der Waals surface area contributed by atoms with E-state index in [-0.39, 0.29) is 10.3 Å². The quantitative estimate of drug-likeness (QED) is 0.594. The second-order valence-electron chi connectivity index (χ2n) is 8.55. The summed E-state index contributed by atoms with van der Waals surface area (Å²) in [4.78, 5) is 13.0. The second-order valence-corrected chi connectivity index (χ2v) is 9.36. The molecular formula is C18H28ClNO. The molecule has 1 amide bonds. The molecule has 0 radical (unpaired) electrons. The van der Waals surface area contributed by atoms with Crippen LogP contribution in [0.4, 0.5) is 0 Å². The van der Waals surface area contributed by atoms with Crippen molar-refractivity contribution in [1.82, 2.24) is 5.32 Å². The van der Waals surface area contributed by atoms with Crippen molar-refractivity contribution in [2.45, 2.75) is 88.0 Å². The minimum Gasteiger partial charge on any atom is -0.353 e. The Morgan fingerprint density at radius 1 is 0.952 bits per heavy atom. The molecule has 118 valence electrons. The molecule has 0 unspecified atom stereocenters. The van der Waals surface area contributed by atoms with E-state index in [1.54, 1.807) is 0 Å². The van der Waals surface area contributed by atoms with Crippen LogP contribution < -0.4 is 5.32 Å². The summed E-state index contributed by atoms with van der Waals surface area (Å²) in [5, 5.41) is 3.44. The summed E-state index contributed by atoms with van der Waals surface area (Å²) in [6, 6.07) is 0.430. The standard InChI is InChI=1S/C18H28ClNO/c19-18-10-13-7-14(11-18)9-17(8-13,12-18)16(21)20-15-5-3-1-2-4-6-15/h13-15H,1-12H2,(H,20,21)/t13-,14-,17?,18?/m0/s1. The zero-order chi connectivity index (χ0) is 14.5. The molecule has 3 heteroatoms. The van der Waals surface area contributed by atoms with Gasteiger partial charge in [0.1, 0.15) is 0 Å². The SMILES string of the molecule is O=C(NC1CCCCCC1)C12C[C@@H]3C[C@H](CC(Cl)(C3)C1)C2. The maximum absolute atomic E-state index is 13.0. The highest BCUT2D eigenvalue weighted by Gasteiger charge is 2.60. The number of alkyl halides is 1. The Morgan fingerprint density at radius 2 is 1.57 bits per heavy atom. The van der Waals surface area contributed by atoms with E-state index in [0.717, 1.165) is 32.1 Å². The highest BCUT2D eigenvalue weighted by atomic mass is 35.5. The first-order chi connectivity index (χ1) is 10.1. The van der Waals surface area contributed by atoms with Crippen molar-refractivity contribution in [2.24, 2.45) is 17.3 Å². The Bertz CT molecular complexity index is 413. The van der Waals surface area contributed by atoms with Gasteiger partial charge in [0.2, 0.25) is 5.91 Å². The summed E-state index contributed by atoms with van der Waals surface area (Å²) < 4.78 is 0. The minimum absolute atomic E-state index is 0.0507. The zero-order valence-electron chi connectivity index (χ0n) is 13.0. The molecule has 0 aromatic carbocycles. The molecule has 5 fully saturated rings. The smallest absolute Gasteiger partial charge is 0.226 e. The van der Waals surface area contributed by atoms with Gasteiger partial charge in [0, 0.05) is 10.9 Å². The molecule has 2 nitrogen and oxygen atoms in total. The van der Waals surface area contributed by atoms with Gasteiger partial charge in [0.15, 0.2) is 0 Å². The van der Waals surface area contributed by atoms with Crippen LogP contribution in [0.2, 0.25) is 0 Å². The molecule has 1 N–H and O–H groups in total. The molecular weight excluding hydrogens is 282 g/mol. The normalized spacial score (nSPS) is 46.3. The van der Waals surface area contributed by atoms with Crippen LogP contribution in [0.1, 0.15) is 77.0 Å². The summed E-state index contributed by atoms with van der Waals surface area (Å²) in [6.07, 6.45) is 14.4. The van der Waals surface area contributed by atoms with Gasteiger partial charge in [-0.1, -0.05) is 25.7 Å². The first-order valence-electron chi connectivity index (χ1n) is 9.07. The van der Waals surface area contributed by atoms with Gasteiger partial charge in [-0.05, 0) is 63.2 Å². The molecule has 0 aromatic rings. The number of amides is 1. The number of nitrogens with one attached hydrogen (secondary N) is 1. The van der Waals surface area contributed by atoms with Crippen molar-refractivity contribution in [3.63, 3.8) is 0 Å². The lowest BCUT2D eigenvalue weighted by Gasteiger charge is -2.59. The van der Waals surface area contributed by atoms with Crippen LogP contribution in [-0.2, 0) is 4.79 Å². The van der Waals surface area contributed by atoms with E-state index in [1.165, 1.54) is 44.9 Å². The van der Waals surface area contributed by atoms with E-state index in [1.807, 2.05) is 0 Å². The lowest BCUT2D eigenvalue weighted by molar-refractivity contribution is -0.145. The van der Waals surface area contributed by atoms with Gasteiger partial charge < -0.3 is 5.32 Å². The van der Waals surface area contributed by atoms with Gasteiger partial charge in [0.05, 0.1) is 5.41 Å². The largest absolute Gasteiger partial charge is 0.353 e. The zero-order valence-corrected chi connectivity index (χ0v) is 13.8. The molecule has 21 heavy (non-hydrogen) atoms. The molecule has 0 saturated heterocycles. The molecule has 0 spiro atoms. The Hall–Kier alpha value is -0.240. The fraction of sp³-hybridized carbons (Fsp3) is 0.944. The number of carbonyl (C=O) groups is 1. The van der Waals surface area contributed by atoms with Crippen LogP contribution in [0.5, 0.6) is 0 Å². The van der Waals surface area contributed by atoms with E-state index in [2.05, 4.69) is 5.32 Å². The van der Waals surface area contributed by atoms with E-state index >= 15 is 0 Å². The molecule has 0 aromatic heterocycles. The van der Waals surface area contributed by atoms with Crippen LogP contribution in [0, 0.1) is 17.3 Å². The predicted molar refractivity (Wildman–Crippen MR) is 85.3 cm³/mol. The molecule has 5 rings (SSSR count). The fourth-order valence-electron chi connectivity index (χ4n) is 6.18. The summed E-state index contributed by atoms with van der Waals surface area (Å²) in [7, 11) is 0. The van der Waals surface area contributed by atoms with Gasteiger partial charge in [0.25, 0.3) is 0 Å². The van der Waals surface area contributed by atoms with Crippen LogP contribution in [0.25, 0.3) is 0 Å². The maximum atomic E-state index is 13.0. The van der Waals surface area contributed by atoms with Crippen molar-refractivity contribution in [1.29, 1.82) is 0 Å². The third-order valence-corrected chi connectivity index (χ3v) is 7.10. The molecule has 2 atom stereocenters. The monoisotopic (exact) mass is 309 g/mol. The lowest BCUT2D eigenvalue weighted by Crippen LogP contribution is -2.59. The Balaban J connectivity index is 1.48. The maximum Gasteiger partial charge on any atom is 0.226 e.